The smallest absolute Gasteiger partial charge is 0.119 e. The van der Waals surface area contributed by atoms with Crippen LogP contribution in [-0.4, -0.2) is 12.8 Å². The lowest BCUT2D eigenvalue weighted by Crippen LogP contribution is -2.29. The summed E-state index contributed by atoms with van der Waals surface area (Å²) in [7, 11) is 0. The van der Waals surface area contributed by atoms with Crippen LogP contribution in [0.2, 0.25) is 0 Å². The van der Waals surface area contributed by atoms with Gasteiger partial charge in [0.2, 0.25) is 0 Å². The Labute approximate surface area is 190 Å². The molecule has 0 aromatic heterocycles. The number of rotatable bonds is 6. The molecule has 0 saturated heterocycles. The molecule has 1 N–H and O–H groups in total. The maximum absolute atomic E-state index is 5.65. The number of hydrogen-bond acceptors (Lipinski definition) is 3. The summed E-state index contributed by atoms with van der Waals surface area (Å²) < 4.78 is 5.65. The predicted molar refractivity (Wildman–Crippen MR) is 133 cm³/mol. The van der Waals surface area contributed by atoms with Crippen molar-refractivity contribution < 1.29 is 4.74 Å². The van der Waals surface area contributed by atoms with Crippen LogP contribution in [0.3, 0.4) is 0 Å². The van der Waals surface area contributed by atoms with Crippen molar-refractivity contribution in [3.8, 4) is 5.75 Å². The monoisotopic (exact) mass is 422 g/mol. The van der Waals surface area contributed by atoms with E-state index in [0.29, 0.717) is 17.9 Å². The highest BCUT2D eigenvalue weighted by Crippen LogP contribution is 2.50. The first-order valence-corrected chi connectivity index (χ1v) is 11.6. The van der Waals surface area contributed by atoms with E-state index in [4.69, 9.17) is 4.74 Å². The number of nitrogens with zero attached hydrogens (tertiary/aromatic N) is 1. The number of hydrogen-bond donors (Lipinski definition) is 1. The Balaban J connectivity index is 1.30. The minimum absolute atomic E-state index is 0.318. The van der Waals surface area contributed by atoms with Crippen LogP contribution in [0, 0.1) is 12.8 Å². The van der Waals surface area contributed by atoms with Crippen molar-refractivity contribution in [1.29, 1.82) is 0 Å². The van der Waals surface area contributed by atoms with Gasteiger partial charge < -0.3 is 10.1 Å². The van der Waals surface area contributed by atoms with Gasteiger partial charge in [-0.15, -0.1) is 0 Å². The average Bonchev–Trinajstić information content (AvgIpc) is 3.32. The van der Waals surface area contributed by atoms with Gasteiger partial charge in [-0.05, 0) is 84.8 Å². The summed E-state index contributed by atoms with van der Waals surface area (Å²) in [5.74, 6) is 1.97. The summed E-state index contributed by atoms with van der Waals surface area (Å²) in [6.45, 7) is 5.03. The molecular weight excluding hydrogens is 392 g/mol. The molecule has 3 nitrogen and oxygen atoms in total. The normalized spacial score (nSPS) is 21.2. The summed E-state index contributed by atoms with van der Waals surface area (Å²) in [5.41, 5.74) is 7.39. The molecule has 2 aliphatic rings. The second-order valence-electron chi connectivity index (χ2n) is 8.83. The largest absolute Gasteiger partial charge is 0.494 e. The Kier molecular flexibility index (Phi) is 5.81. The van der Waals surface area contributed by atoms with E-state index in [1.165, 1.54) is 22.4 Å². The van der Waals surface area contributed by atoms with E-state index in [1.807, 2.05) is 30.5 Å². The van der Waals surface area contributed by atoms with Gasteiger partial charge in [0.15, 0.2) is 0 Å². The Morgan fingerprint density at radius 2 is 1.84 bits per heavy atom. The summed E-state index contributed by atoms with van der Waals surface area (Å²) in [6, 6.07) is 23.9. The molecule has 1 aliphatic carbocycles. The zero-order valence-electron chi connectivity index (χ0n) is 18.8. The molecule has 0 saturated carbocycles. The van der Waals surface area contributed by atoms with Gasteiger partial charge in [-0.1, -0.05) is 48.9 Å². The number of aryl methyl sites for hydroxylation is 1. The van der Waals surface area contributed by atoms with Gasteiger partial charge in [0.1, 0.15) is 5.75 Å². The van der Waals surface area contributed by atoms with E-state index in [9.17, 15) is 0 Å². The topological polar surface area (TPSA) is 33.6 Å². The van der Waals surface area contributed by atoms with Crippen LogP contribution < -0.4 is 10.1 Å². The standard InChI is InChI=1S/C29H30N2O/c1-3-17-32-24-14-8-21(9-15-24)19-30-23-12-10-22(11-13-23)29-26-6-4-5-25(26)27-18-20(2)7-16-28(27)31-29/h4-5,7-16,18-19,25-26,29,31H,3,6,17H2,1-2H3/t25-,26-,29-/m0/s1. The highest BCUT2D eigenvalue weighted by Gasteiger charge is 2.37. The van der Waals surface area contributed by atoms with Gasteiger partial charge in [-0.25, -0.2) is 0 Å². The molecule has 32 heavy (non-hydrogen) atoms. The van der Waals surface area contributed by atoms with E-state index in [1.54, 1.807) is 0 Å². The number of ether oxygens (including phenoxy) is 1. The number of benzene rings is 3. The molecule has 5 rings (SSSR count). The Morgan fingerprint density at radius 3 is 2.62 bits per heavy atom. The number of nitrogens with one attached hydrogen (secondary N) is 1. The van der Waals surface area contributed by atoms with Crippen molar-refractivity contribution in [3.63, 3.8) is 0 Å². The van der Waals surface area contributed by atoms with Gasteiger partial charge in [-0.3, -0.25) is 4.99 Å². The number of aliphatic imine (C=N–C) groups is 1. The van der Waals surface area contributed by atoms with Gasteiger partial charge in [0, 0.05) is 17.8 Å². The van der Waals surface area contributed by atoms with Crippen molar-refractivity contribution in [3.05, 3.63) is 101 Å². The van der Waals surface area contributed by atoms with Crippen LogP contribution in [0.5, 0.6) is 5.75 Å². The van der Waals surface area contributed by atoms with Crippen molar-refractivity contribution in [2.24, 2.45) is 10.9 Å². The lowest BCUT2D eigenvalue weighted by Gasteiger charge is -2.37. The highest BCUT2D eigenvalue weighted by atomic mass is 16.5. The fourth-order valence-corrected chi connectivity index (χ4v) is 4.83. The molecule has 0 bridgehead atoms. The molecule has 0 radical (unpaired) electrons. The zero-order valence-corrected chi connectivity index (χ0v) is 18.8. The third kappa shape index (κ3) is 4.20. The fourth-order valence-electron chi connectivity index (χ4n) is 4.83. The Morgan fingerprint density at radius 1 is 1.03 bits per heavy atom. The Hall–Kier alpha value is -3.33. The summed E-state index contributed by atoms with van der Waals surface area (Å²) in [4.78, 5) is 4.67. The van der Waals surface area contributed by atoms with Crippen molar-refractivity contribution in [1.82, 2.24) is 0 Å². The van der Waals surface area contributed by atoms with Gasteiger partial charge >= 0.3 is 0 Å². The van der Waals surface area contributed by atoms with E-state index >= 15 is 0 Å². The highest BCUT2D eigenvalue weighted by molar-refractivity contribution is 5.82. The minimum Gasteiger partial charge on any atom is -0.494 e. The predicted octanol–water partition coefficient (Wildman–Crippen LogP) is 7.36. The van der Waals surface area contributed by atoms with Crippen molar-refractivity contribution >= 4 is 17.6 Å². The average molecular weight is 423 g/mol. The van der Waals surface area contributed by atoms with Gasteiger partial charge in [0.05, 0.1) is 18.3 Å². The molecular formula is C29H30N2O. The molecule has 3 aromatic rings. The van der Waals surface area contributed by atoms with Crippen molar-refractivity contribution in [2.75, 3.05) is 11.9 Å². The number of fused-ring (bicyclic) bond motifs is 3. The first-order chi connectivity index (χ1) is 15.7. The van der Waals surface area contributed by atoms with Crippen LogP contribution in [0.25, 0.3) is 0 Å². The molecule has 0 amide bonds. The lowest BCUT2D eigenvalue weighted by atomic mass is 9.76. The molecule has 0 spiro atoms. The van der Waals surface area contributed by atoms with Gasteiger partial charge in [-0.2, -0.15) is 0 Å². The molecule has 162 valence electrons. The summed E-state index contributed by atoms with van der Waals surface area (Å²) in [6.07, 6.45) is 8.78. The second-order valence-corrected chi connectivity index (χ2v) is 8.83. The van der Waals surface area contributed by atoms with Crippen LogP contribution in [0.4, 0.5) is 11.4 Å². The lowest BCUT2D eigenvalue weighted by molar-refractivity contribution is 0.317. The quantitative estimate of drug-likeness (QED) is 0.332. The maximum Gasteiger partial charge on any atom is 0.119 e. The number of anilines is 1. The minimum atomic E-state index is 0.318. The first-order valence-electron chi connectivity index (χ1n) is 11.6. The molecule has 3 aromatic carbocycles. The molecule has 1 heterocycles. The first kappa shape index (κ1) is 20.6. The van der Waals surface area contributed by atoms with Crippen LogP contribution >= 0.6 is 0 Å². The molecule has 0 fully saturated rings. The SMILES string of the molecule is CCCOc1ccc(C=Nc2ccc([C@@H]3Nc4ccc(C)cc4[C@H]4C=CC[C@@H]43)cc2)cc1. The number of allylic oxidation sites excluding steroid dienone is 2. The summed E-state index contributed by atoms with van der Waals surface area (Å²) in [5, 5.41) is 3.82. The van der Waals surface area contributed by atoms with Gasteiger partial charge in [0.25, 0.3) is 0 Å². The molecule has 3 atom stereocenters. The van der Waals surface area contributed by atoms with Crippen molar-refractivity contribution in [2.45, 2.75) is 38.6 Å². The third-order valence-electron chi connectivity index (χ3n) is 6.49. The Bertz CT molecular complexity index is 1130. The van der Waals surface area contributed by atoms with Crippen LogP contribution in [0.15, 0.2) is 83.9 Å². The van der Waals surface area contributed by atoms with E-state index in [2.05, 4.69) is 78.8 Å². The second kappa shape index (κ2) is 9.04. The molecule has 1 aliphatic heterocycles. The fraction of sp³-hybridized carbons (Fsp3) is 0.276. The maximum atomic E-state index is 5.65. The van der Waals surface area contributed by atoms with E-state index in [0.717, 1.165) is 36.4 Å². The molecule has 3 heteroatoms. The molecule has 0 unspecified atom stereocenters. The third-order valence-corrected chi connectivity index (χ3v) is 6.49. The zero-order chi connectivity index (χ0) is 21.9. The summed E-state index contributed by atoms with van der Waals surface area (Å²) >= 11 is 0. The van der Waals surface area contributed by atoms with Crippen LogP contribution in [-0.2, 0) is 0 Å². The van der Waals surface area contributed by atoms with E-state index < -0.39 is 0 Å². The van der Waals surface area contributed by atoms with Crippen LogP contribution in [0.1, 0.15) is 54.0 Å². The van der Waals surface area contributed by atoms with E-state index in [-0.39, 0.29) is 0 Å².